The van der Waals surface area contributed by atoms with Crippen LogP contribution in [0.25, 0.3) is 86.9 Å². The van der Waals surface area contributed by atoms with Gasteiger partial charge >= 0.3 is 0 Å². The summed E-state index contributed by atoms with van der Waals surface area (Å²) >= 11 is 1.86. The lowest BCUT2D eigenvalue weighted by Crippen LogP contribution is -2.17. The number of hydrogen-bond donors (Lipinski definition) is 0. The van der Waals surface area contributed by atoms with Gasteiger partial charge in [-0.15, -0.1) is 11.3 Å². The summed E-state index contributed by atoms with van der Waals surface area (Å²) in [7, 11) is 0. The molecule has 3 heteroatoms. The largest absolute Gasteiger partial charge is 0.308 e. The highest BCUT2D eigenvalue weighted by molar-refractivity contribution is 7.25. The Bertz CT molecular complexity index is 3880. The fourth-order valence-corrected chi connectivity index (χ4v) is 11.7. The van der Waals surface area contributed by atoms with Crippen LogP contribution in [-0.2, 0) is 0 Å². The molecule has 0 saturated carbocycles. The van der Waals surface area contributed by atoms with Crippen molar-refractivity contribution < 1.29 is 0 Å². The van der Waals surface area contributed by atoms with E-state index in [1.165, 1.54) is 42.4 Å². The average Bonchev–Trinajstić information content (AvgIpc) is 3.88. The molecule has 0 saturated heterocycles. The smallest absolute Gasteiger partial charge is 0.0709 e. The van der Waals surface area contributed by atoms with Crippen LogP contribution in [0, 0.1) is 0 Å². The van der Waals surface area contributed by atoms with Gasteiger partial charge in [0.1, 0.15) is 0 Å². The lowest BCUT2D eigenvalue weighted by Gasteiger charge is -2.35. The summed E-state index contributed by atoms with van der Waals surface area (Å²) in [4.78, 5) is 4.91. The normalized spacial score (nSPS) is 11.2. The molecule has 2 nitrogen and oxygen atoms in total. The molecule has 1 aromatic heterocycles. The van der Waals surface area contributed by atoms with Gasteiger partial charge < -0.3 is 9.80 Å². The van der Waals surface area contributed by atoms with Crippen molar-refractivity contribution in [3.63, 3.8) is 0 Å². The quantitative estimate of drug-likeness (QED) is 0.120. The molecule has 0 atom stereocenters. The van der Waals surface area contributed by atoms with Gasteiger partial charge in [-0.3, -0.25) is 0 Å². The molecule has 13 aromatic rings. The molecule has 0 fully saturated rings. The van der Waals surface area contributed by atoms with E-state index >= 15 is 0 Å². The molecule has 0 amide bonds. The zero-order valence-corrected chi connectivity index (χ0v) is 42.0. The Labute approximate surface area is 443 Å². The van der Waals surface area contributed by atoms with Crippen LogP contribution in [0.4, 0.5) is 34.1 Å². The van der Waals surface area contributed by atoms with Gasteiger partial charge in [0, 0.05) is 42.9 Å². The molecule has 12 aromatic carbocycles. The van der Waals surface area contributed by atoms with Gasteiger partial charge in [0.25, 0.3) is 0 Å². The zero-order valence-electron chi connectivity index (χ0n) is 41.2. The molecule has 0 aliphatic rings. The van der Waals surface area contributed by atoms with Crippen molar-refractivity contribution in [3.05, 3.63) is 303 Å². The van der Waals surface area contributed by atoms with E-state index in [2.05, 4.69) is 313 Å². The Balaban J connectivity index is 1.10. The highest BCUT2D eigenvalue weighted by Gasteiger charge is 2.26. The molecule has 0 spiro atoms. The minimum atomic E-state index is 1.03. The molecular formula is C72H50N2S. The minimum absolute atomic E-state index is 1.03. The Morgan fingerprint density at radius 3 is 0.853 bits per heavy atom. The first-order valence-corrected chi connectivity index (χ1v) is 26.4. The molecule has 0 N–H and O–H groups in total. The first-order chi connectivity index (χ1) is 37.2. The van der Waals surface area contributed by atoms with E-state index in [1.807, 2.05) is 11.3 Å². The Hall–Kier alpha value is -9.54. The van der Waals surface area contributed by atoms with E-state index in [4.69, 9.17) is 0 Å². The molecular weight excluding hydrogens is 925 g/mol. The molecule has 0 aliphatic carbocycles. The molecule has 75 heavy (non-hydrogen) atoms. The maximum atomic E-state index is 2.46. The number of thiophene rings is 1. The lowest BCUT2D eigenvalue weighted by molar-refractivity contribution is 1.23. The molecule has 0 bridgehead atoms. The van der Waals surface area contributed by atoms with Gasteiger partial charge in [-0.25, -0.2) is 0 Å². The van der Waals surface area contributed by atoms with Crippen molar-refractivity contribution >= 4 is 65.6 Å². The SMILES string of the molecule is c1ccc(-c2ccc(N(c3ccc(-c4ccccc4)cc3)c3cc(-c4ccccc4)c(-c4ccc5c(c4)sc4ccccc45)cc3N(c3ccc(-c4ccccc4)cc3)c3ccc(-c4ccccc4)cc3)cc2)cc1. The Morgan fingerprint density at radius 1 is 0.200 bits per heavy atom. The van der Waals surface area contributed by atoms with E-state index in [1.54, 1.807) is 0 Å². The number of nitrogens with zero attached hydrogens (tertiary/aromatic N) is 2. The van der Waals surface area contributed by atoms with Gasteiger partial charge in [0.15, 0.2) is 0 Å². The summed E-state index contributed by atoms with van der Waals surface area (Å²) in [6, 6.07) is 110. The van der Waals surface area contributed by atoms with Crippen molar-refractivity contribution in [2.45, 2.75) is 0 Å². The summed E-state index contributed by atoms with van der Waals surface area (Å²) in [6.07, 6.45) is 0. The lowest BCUT2D eigenvalue weighted by atomic mass is 9.91. The van der Waals surface area contributed by atoms with E-state index in [0.29, 0.717) is 0 Å². The first-order valence-electron chi connectivity index (χ1n) is 25.6. The maximum absolute atomic E-state index is 2.46. The monoisotopic (exact) mass is 974 g/mol. The average molecular weight is 975 g/mol. The molecule has 0 radical (unpaired) electrons. The fraction of sp³-hybridized carbons (Fsp3) is 0. The summed E-state index contributed by atoms with van der Waals surface area (Å²) in [5.74, 6) is 0. The summed E-state index contributed by atoms with van der Waals surface area (Å²) in [6.45, 7) is 0. The zero-order chi connectivity index (χ0) is 49.9. The van der Waals surface area contributed by atoms with Crippen LogP contribution in [0.3, 0.4) is 0 Å². The second-order valence-electron chi connectivity index (χ2n) is 18.9. The number of anilines is 6. The van der Waals surface area contributed by atoms with Crippen molar-refractivity contribution in [2.75, 3.05) is 9.80 Å². The summed E-state index contributed by atoms with van der Waals surface area (Å²) in [5, 5.41) is 2.57. The predicted octanol–water partition coefficient (Wildman–Crippen LogP) is 21.0. The standard InChI is InChI=1S/C72H50N2S/c1-6-18-51(19-7-1)55-30-39-61(40-31-55)73(62-41-32-56(33-42-62)52-20-8-2-9-21-52)69-49-67(59-26-14-5-15-27-59)68(60-38-47-66-65-28-16-17-29-71(65)75-72(66)48-60)50-70(69)74(63-43-34-57(35-44-63)53-22-10-3-11-23-53)64-45-36-58(37-46-64)54-24-12-4-13-25-54/h1-50H. The van der Waals surface area contributed by atoms with Crippen LogP contribution in [0.1, 0.15) is 0 Å². The number of rotatable bonds is 12. The summed E-state index contributed by atoms with van der Waals surface area (Å²) < 4.78 is 2.56. The van der Waals surface area contributed by atoms with Crippen LogP contribution < -0.4 is 9.80 Å². The number of hydrogen-bond acceptors (Lipinski definition) is 3. The summed E-state index contributed by atoms with van der Waals surface area (Å²) in [5.41, 5.74) is 20.2. The van der Waals surface area contributed by atoms with Crippen LogP contribution in [0.15, 0.2) is 303 Å². The van der Waals surface area contributed by atoms with Crippen LogP contribution >= 0.6 is 11.3 Å². The highest BCUT2D eigenvalue weighted by atomic mass is 32.1. The molecule has 13 rings (SSSR count). The van der Waals surface area contributed by atoms with Crippen LogP contribution in [0.2, 0.25) is 0 Å². The third kappa shape index (κ3) is 9.08. The van der Waals surface area contributed by atoms with Crippen LogP contribution in [-0.4, -0.2) is 0 Å². The third-order valence-electron chi connectivity index (χ3n) is 14.3. The van der Waals surface area contributed by atoms with Crippen molar-refractivity contribution in [1.82, 2.24) is 0 Å². The fourth-order valence-electron chi connectivity index (χ4n) is 10.5. The Kier molecular flexibility index (Phi) is 12.2. The Morgan fingerprint density at radius 2 is 0.480 bits per heavy atom. The highest BCUT2D eigenvalue weighted by Crippen LogP contribution is 2.51. The van der Waals surface area contributed by atoms with Crippen molar-refractivity contribution in [1.29, 1.82) is 0 Å². The van der Waals surface area contributed by atoms with Gasteiger partial charge in [0.2, 0.25) is 0 Å². The van der Waals surface area contributed by atoms with E-state index < -0.39 is 0 Å². The first kappa shape index (κ1) is 45.3. The third-order valence-corrected chi connectivity index (χ3v) is 15.4. The minimum Gasteiger partial charge on any atom is -0.308 e. The number of benzene rings is 12. The molecule has 0 aliphatic heterocycles. The van der Waals surface area contributed by atoms with E-state index in [9.17, 15) is 0 Å². The van der Waals surface area contributed by atoms with Gasteiger partial charge in [-0.1, -0.05) is 231 Å². The molecule has 0 unspecified atom stereocenters. The number of fused-ring (bicyclic) bond motifs is 3. The maximum Gasteiger partial charge on any atom is 0.0709 e. The van der Waals surface area contributed by atoms with E-state index in [-0.39, 0.29) is 0 Å². The second kappa shape index (κ2) is 20.2. The molecule has 1 heterocycles. The van der Waals surface area contributed by atoms with Gasteiger partial charge in [-0.05, 0) is 140 Å². The predicted molar refractivity (Wildman–Crippen MR) is 321 cm³/mol. The van der Waals surface area contributed by atoms with E-state index in [0.717, 1.165) is 78.6 Å². The second-order valence-corrected chi connectivity index (χ2v) is 20.0. The van der Waals surface area contributed by atoms with Gasteiger partial charge in [-0.2, -0.15) is 0 Å². The van der Waals surface area contributed by atoms with Crippen LogP contribution in [0.5, 0.6) is 0 Å². The van der Waals surface area contributed by atoms with Crippen molar-refractivity contribution in [3.8, 4) is 66.8 Å². The topological polar surface area (TPSA) is 6.48 Å². The van der Waals surface area contributed by atoms with Gasteiger partial charge in [0.05, 0.1) is 11.4 Å². The van der Waals surface area contributed by atoms with Crippen molar-refractivity contribution in [2.24, 2.45) is 0 Å². The molecule has 354 valence electrons.